The van der Waals surface area contributed by atoms with Crippen molar-refractivity contribution < 1.29 is 14.4 Å². The molecule has 2 fully saturated rings. The average Bonchev–Trinajstić information content (AvgIpc) is 3.62. The first kappa shape index (κ1) is 25.2. The van der Waals surface area contributed by atoms with Gasteiger partial charge in [0.25, 0.3) is 0 Å². The fourth-order valence-electron chi connectivity index (χ4n) is 6.05. The van der Waals surface area contributed by atoms with Gasteiger partial charge in [-0.3, -0.25) is 0 Å². The molecule has 3 aromatic carbocycles. The van der Waals surface area contributed by atoms with Crippen LogP contribution in [-0.2, 0) is 16.1 Å². The summed E-state index contributed by atoms with van der Waals surface area (Å²) >= 11 is 0. The molecule has 0 saturated carbocycles. The number of hydrogen-bond acceptors (Lipinski definition) is 4. The number of nitrogens with zero attached hydrogens (tertiary/aromatic N) is 2. The molecular weight excluding hydrogens is 488 g/mol. The van der Waals surface area contributed by atoms with Crippen molar-refractivity contribution in [2.45, 2.75) is 50.5 Å². The van der Waals surface area contributed by atoms with Crippen LogP contribution in [0.5, 0.6) is 0 Å². The van der Waals surface area contributed by atoms with Crippen LogP contribution in [0.3, 0.4) is 0 Å². The van der Waals surface area contributed by atoms with Crippen LogP contribution in [0.4, 0.5) is 16.2 Å². The fraction of sp³-hybridized carbons (Fsp3) is 0.312. The highest BCUT2D eigenvalue weighted by Crippen LogP contribution is 2.39. The summed E-state index contributed by atoms with van der Waals surface area (Å²) < 4.78 is 0. The smallest absolute Gasteiger partial charge is 0.359 e. The van der Waals surface area contributed by atoms with Crippen molar-refractivity contribution in [2.75, 3.05) is 23.5 Å². The third kappa shape index (κ3) is 5.68. The highest BCUT2D eigenvalue weighted by atomic mass is 16.7. The molecule has 2 atom stereocenters. The molecule has 0 aliphatic carbocycles. The van der Waals surface area contributed by atoms with Gasteiger partial charge in [-0.15, -0.1) is 5.06 Å². The van der Waals surface area contributed by atoms with Crippen molar-refractivity contribution in [1.82, 2.24) is 9.88 Å². The Kier molecular flexibility index (Phi) is 7.32. The molecule has 7 heteroatoms. The van der Waals surface area contributed by atoms with E-state index in [0.29, 0.717) is 29.8 Å². The van der Waals surface area contributed by atoms with E-state index < -0.39 is 12.0 Å². The van der Waals surface area contributed by atoms with Crippen molar-refractivity contribution in [3.63, 3.8) is 0 Å². The maximum absolute atomic E-state index is 13.4. The average molecular weight is 523 g/mol. The monoisotopic (exact) mass is 522 g/mol. The Bertz CT molecular complexity index is 1440. The minimum atomic E-state index is -0.523. The number of piperidine rings is 1. The van der Waals surface area contributed by atoms with E-state index in [4.69, 9.17) is 4.84 Å². The van der Waals surface area contributed by atoms with Crippen molar-refractivity contribution >= 4 is 34.3 Å². The minimum absolute atomic E-state index is 0.166. The van der Waals surface area contributed by atoms with Gasteiger partial charge in [0.05, 0.1) is 12.1 Å². The number of hydrogen-bond donors (Lipinski definition) is 2. The maximum atomic E-state index is 13.4. The minimum Gasteiger partial charge on any atom is -0.361 e. The maximum Gasteiger partial charge on any atom is 0.359 e. The van der Waals surface area contributed by atoms with Gasteiger partial charge in [-0.25, -0.2) is 9.59 Å². The molecule has 2 amide bonds. The summed E-state index contributed by atoms with van der Waals surface area (Å²) in [5, 5.41) is 5.14. The van der Waals surface area contributed by atoms with Crippen LogP contribution in [0.25, 0.3) is 10.9 Å². The van der Waals surface area contributed by atoms with Gasteiger partial charge in [0.2, 0.25) is 0 Å². The normalized spacial score (nSPS) is 19.0. The van der Waals surface area contributed by atoms with Gasteiger partial charge in [0, 0.05) is 28.8 Å². The highest BCUT2D eigenvalue weighted by molar-refractivity contribution is 6.02. The highest BCUT2D eigenvalue weighted by Gasteiger charge is 2.33. The van der Waals surface area contributed by atoms with Gasteiger partial charge in [0.1, 0.15) is 0 Å². The lowest BCUT2D eigenvalue weighted by atomic mass is 9.85. The number of amides is 2. The zero-order valence-electron chi connectivity index (χ0n) is 22.0. The van der Waals surface area contributed by atoms with Crippen LogP contribution in [0.1, 0.15) is 49.1 Å². The molecule has 200 valence electrons. The second-order valence-electron chi connectivity index (χ2n) is 10.6. The van der Waals surface area contributed by atoms with E-state index in [0.717, 1.165) is 34.5 Å². The van der Waals surface area contributed by atoms with Crippen LogP contribution in [0.15, 0.2) is 85.1 Å². The van der Waals surface area contributed by atoms with Crippen LogP contribution < -0.4 is 10.4 Å². The molecule has 2 aliphatic heterocycles. The molecule has 2 N–H and O–H groups in total. The topological polar surface area (TPSA) is 77.7 Å². The lowest BCUT2D eigenvalue weighted by Gasteiger charge is -2.34. The number of para-hydroxylation sites is 1. The molecule has 7 nitrogen and oxygen atoms in total. The number of carbonyl (C=O) groups excluding carboxylic acids is 2. The first-order valence-electron chi connectivity index (χ1n) is 13.9. The van der Waals surface area contributed by atoms with E-state index >= 15 is 0 Å². The Morgan fingerprint density at radius 2 is 1.77 bits per heavy atom. The number of H-pyrrole nitrogens is 1. The van der Waals surface area contributed by atoms with E-state index in [1.54, 1.807) is 24.3 Å². The van der Waals surface area contributed by atoms with Crippen molar-refractivity contribution in [3.05, 3.63) is 96.2 Å². The predicted molar refractivity (Wildman–Crippen MR) is 154 cm³/mol. The van der Waals surface area contributed by atoms with Gasteiger partial charge in [-0.2, -0.15) is 0 Å². The number of anilines is 2. The van der Waals surface area contributed by atoms with Crippen LogP contribution in [0, 0.1) is 0 Å². The molecule has 2 unspecified atom stereocenters. The summed E-state index contributed by atoms with van der Waals surface area (Å²) in [5.41, 5.74) is 4.56. The third-order valence-corrected chi connectivity index (χ3v) is 8.05. The van der Waals surface area contributed by atoms with Crippen LogP contribution >= 0.6 is 0 Å². The number of fused-ring (bicyclic) bond motifs is 2. The molecule has 3 heterocycles. The Hall–Kier alpha value is -4.10. The summed E-state index contributed by atoms with van der Waals surface area (Å²) in [4.78, 5) is 37.8. The van der Waals surface area contributed by atoms with E-state index in [1.807, 2.05) is 54.6 Å². The molecule has 4 aromatic rings. The summed E-state index contributed by atoms with van der Waals surface area (Å²) in [6, 6.07) is 24.8. The molecule has 0 bridgehead atoms. The molecule has 0 radical (unpaired) electrons. The number of carbonyl (C=O) groups is 2. The third-order valence-electron chi connectivity index (χ3n) is 8.05. The van der Waals surface area contributed by atoms with Gasteiger partial charge in [-0.05, 0) is 92.6 Å². The molecule has 39 heavy (non-hydrogen) atoms. The van der Waals surface area contributed by atoms with Gasteiger partial charge in [0.15, 0.2) is 0 Å². The van der Waals surface area contributed by atoms with Gasteiger partial charge >= 0.3 is 12.0 Å². The van der Waals surface area contributed by atoms with E-state index in [1.165, 1.54) is 31.4 Å². The van der Waals surface area contributed by atoms with Crippen molar-refractivity contribution in [1.29, 1.82) is 0 Å². The molecule has 0 spiro atoms. The summed E-state index contributed by atoms with van der Waals surface area (Å²) in [6.45, 7) is 2.39. The van der Waals surface area contributed by atoms with Crippen LogP contribution in [0.2, 0.25) is 0 Å². The second-order valence-corrected chi connectivity index (χ2v) is 10.6. The number of aromatic nitrogens is 1. The zero-order chi connectivity index (χ0) is 26.6. The molecule has 6 rings (SSSR count). The Morgan fingerprint density at radius 1 is 0.974 bits per heavy atom. The standard InChI is InChI=1S/C32H34N4O3/c37-31(16-13-23-8-3-1-4-9-23)39-36(26-10-5-2-6-11-26)32(38)34-25-14-15-30-28(21-25)29(22-33-30)24-17-19-35-18-7-12-27(35)20-24/h1-6,8-11,14-15,21-22,24,27,33H,7,12-13,16-20H2,(H,34,38). The Balaban J connectivity index is 1.18. The number of hydroxylamine groups is 1. The lowest BCUT2D eigenvalue weighted by molar-refractivity contribution is -0.143. The van der Waals surface area contributed by atoms with Crippen LogP contribution in [-0.4, -0.2) is 41.0 Å². The largest absolute Gasteiger partial charge is 0.361 e. The number of aromatic amines is 1. The zero-order valence-corrected chi connectivity index (χ0v) is 22.0. The Labute approximate surface area is 228 Å². The molecule has 2 aliphatic rings. The first-order chi connectivity index (χ1) is 19.1. The Morgan fingerprint density at radius 3 is 2.59 bits per heavy atom. The van der Waals surface area contributed by atoms with Gasteiger partial charge in [-0.1, -0.05) is 48.5 Å². The molecular formula is C32H34N4O3. The van der Waals surface area contributed by atoms with E-state index in [2.05, 4.69) is 21.4 Å². The first-order valence-corrected chi connectivity index (χ1v) is 13.9. The quantitative estimate of drug-likeness (QED) is 0.278. The summed E-state index contributed by atoms with van der Waals surface area (Å²) in [7, 11) is 0. The number of nitrogens with one attached hydrogen (secondary N) is 2. The van der Waals surface area contributed by atoms with E-state index in [9.17, 15) is 9.59 Å². The number of aryl methyl sites for hydroxylation is 1. The molecule has 2 saturated heterocycles. The number of urea groups is 1. The van der Waals surface area contributed by atoms with Gasteiger partial charge < -0.3 is 20.0 Å². The number of rotatable bonds is 6. The van der Waals surface area contributed by atoms with Crippen molar-refractivity contribution in [2.24, 2.45) is 0 Å². The fourth-order valence-corrected chi connectivity index (χ4v) is 6.05. The number of benzene rings is 3. The van der Waals surface area contributed by atoms with E-state index in [-0.39, 0.29) is 6.42 Å². The SMILES string of the molecule is O=C(CCc1ccccc1)ON(C(=O)Nc1ccc2[nH]cc(C3CCN4CCCC4C3)c2c1)c1ccccc1. The lowest BCUT2D eigenvalue weighted by Crippen LogP contribution is -2.37. The summed E-state index contributed by atoms with van der Waals surface area (Å²) in [5.74, 6) is 0.0370. The second kappa shape index (κ2) is 11.3. The predicted octanol–water partition coefficient (Wildman–Crippen LogP) is 6.64. The summed E-state index contributed by atoms with van der Waals surface area (Å²) in [6.07, 6.45) is 7.77. The molecule has 1 aromatic heterocycles. The van der Waals surface area contributed by atoms with Crippen molar-refractivity contribution in [3.8, 4) is 0 Å².